The lowest BCUT2D eigenvalue weighted by Crippen LogP contribution is -2.51. The molecule has 2 heterocycles. The number of amides is 1. The van der Waals surface area contributed by atoms with Crippen molar-refractivity contribution in [2.24, 2.45) is 5.73 Å². The molecule has 1 aliphatic rings. The van der Waals surface area contributed by atoms with E-state index in [9.17, 15) is 14.7 Å². The van der Waals surface area contributed by atoms with Gasteiger partial charge in [-0.3, -0.25) is 4.79 Å². The van der Waals surface area contributed by atoms with Gasteiger partial charge in [-0.1, -0.05) is 0 Å². The number of aliphatic carboxylic acids is 1. The molecule has 1 aromatic heterocycles. The number of primary amides is 1. The molecule has 1 saturated heterocycles. The van der Waals surface area contributed by atoms with Gasteiger partial charge in [0.1, 0.15) is 5.82 Å². The maximum absolute atomic E-state index is 11.4. The number of anilines is 1. The van der Waals surface area contributed by atoms with E-state index in [1.807, 2.05) is 0 Å². The van der Waals surface area contributed by atoms with Crippen molar-refractivity contribution in [1.82, 2.24) is 4.98 Å². The normalized spacial score (nSPS) is 19.2. The van der Waals surface area contributed by atoms with Gasteiger partial charge in [-0.05, 0) is 19.1 Å². The van der Waals surface area contributed by atoms with Crippen LogP contribution in [0.5, 0.6) is 0 Å². The second-order valence-electron chi connectivity index (χ2n) is 4.31. The first kappa shape index (κ1) is 13.3. The molecule has 1 atom stereocenters. The number of nitrogens with two attached hydrogens (primary N) is 1. The minimum atomic E-state index is -1.02. The number of aromatic nitrogens is 1. The highest BCUT2D eigenvalue weighted by atomic mass is 16.5. The second-order valence-corrected chi connectivity index (χ2v) is 4.31. The predicted octanol–water partition coefficient (Wildman–Crippen LogP) is -0.221. The van der Waals surface area contributed by atoms with Gasteiger partial charge >= 0.3 is 5.97 Å². The van der Waals surface area contributed by atoms with Crippen molar-refractivity contribution in [3.8, 4) is 0 Å². The van der Waals surface area contributed by atoms with Crippen molar-refractivity contribution in [1.29, 1.82) is 0 Å². The number of carboxylic acid groups (broad SMARTS) is 1. The highest BCUT2D eigenvalue weighted by Crippen LogP contribution is 2.22. The Labute approximate surface area is 110 Å². The van der Waals surface area contributed by atoms with Crippen LogP contribution in [0.25, 0.3) is 0 Å². The summed E-state index contributed by atoms with van der Waals surface area (Å²) < 4.78 is 5.16. The number of ether oxygens (including phenoxy) is 1. The maximum atomic E-state index is 11.4. The Morgan fingerprint density at radius 2 is 2.26 bits per heavy atom. The van der Waals surface area contributed by atoms with Gasteiger partial charge in [0.25, 0.3) is 5.91 Å². The van der Waals surface area contributed by atoms with Crippen LogP contribution in [0.15, 0.2) is 12.1 Å². The Hall–Kier alpha value is -2.15. The molecule has 0 aromatic carbocycles. The fraction of sp³-hybridized carbons (Fsp3) is 0.417. The molecule has 7 nitrogen and oxygen atoms in total. The Bertz CT molecular complexity index is 518. The third-order valence-electron chi connectivity index (χ3n) is 2.97. The smallest absolute Gasteiger partial charge is 0.328 e. The number of hydrogen-bond donors (Lipinski definition) is 2. The van der Waals surface area contributed by atoms with Crippen LogP contribution in [0.2, 0.25) is 0 Å². The zero-order chi connectivity index (χ0) is 14.0. The molecule has 1 unspecified atom stereocenters. The maximum Gasteiger partial charge on any atom is 0.328 e. The Balaban J connectivity index is 2.46. The summed E-state index contributed by atoms with van der Waals surface area (Å²) in [5.74, 6) is -1.33. The quantitative estimate of drug-likeness (QED) is 0.782. The van der Waals surface area contributed by atoms with Gasteiger partial charge < -0.3 is 20.5 Å². The molecule has 19 heavy (non-hydrogen) atoms. The van der Waals surface area contributed by atoms with Crippen molar-refractivity contribution in [3.63, 3.8) is 0 Å². The van der Waals surface area contributed by atoms with Gasteiger partial charge in [-0.2, -0.15) is 0 Å². The van der Waals surface area contributed by atoms with Crippen LogP contribution in [0.4, 0.5) is 5.82 Å². The van der Waals surface area contributed by atoms with E-state index in [1.165, 1.54) is 0 Å². The lowest BCUT2D eigenvalue weighted by molar-refractivity contribution is -0.141. The molecular formula is C12H15N3O4. The number of carbonyl (C=O) groups excluding carboxylic acids is 1. The largest absolute Gasteiger partial charge is 0.480 e. The Morgan fingerprint density at radius 1 is 1.53 bits per heavy atom. The van der Waals surface area contributed by atoms with Gasteiger partial charge in [0.15, 0.2) is 6.04 Å². The van der Waals surface area contributed by atoms with Crippen LogP contribution in [0, 0.1) is 6.92 Å². The lowest BCUT2D eigenvalue weighted by Gasteiger charge is -2.34. The zero-order valence-electron chi connectivity index (χ0n) is 10.5. The molecular weight excluding hydrogens is 250 g/mol. The molecule has 3 N–H and O–H groups in total. The zero-order valence-corrected chi connectivity index (χ0v) is 10.5. The summed E-state index contributed by atoms with van der Waals surface area (Å²) in [6, 6.07) is 2.37. The van der Waals surface area contributed by atoms with E-state index in [2.05, 4.69) is 4.98 Å². The number of morpholine rings is 1. The molecule has 1 aliphatic heterocycles. The summed E-state index contributed by atoms with van der Waals surface area (Å²) >= 11 is 0. The van der Waals surface area contributed by atoms with Crippen molar-refractivity contribution >= 4 is 17.7 Å². The molecule has 1 amide bonds. The summed E-state index contributed by atoms with van der Waals surface area (Å²) in [6.07, 6.45) is 0. The lowest BCUT2D eigenvalue weighted by atomic mass is 10.1. The average molecular weight is 265 g/mol. The molecule has 7 heteroatoms. The molecule has 102 valence electrons. The molecule has 0 spiro atoms. The molecule has 2 rings (SSSR count). The number of hydrogen-bond acceptors (Lipinski definition) is 5. The van der Waals surface area contributed by atoms with Crippen molar-refractivity contribution < 1.29 is 19.4 Å². The Morgan fingerprint density at radius 3 is 2.89 bits per heavy atom. The van der Waals surface area contributed by atoms with Crippen LogP contribution >= 0.6 is 0 Å². The number of nitrogens with zero attached hydrogens (tertiary/aromatic N) is 2. The van der Waals surface area contributed by atoms with Gasteiger partial charge in [-0.15, -0.1) is 0 Å². The van der Waals surface area contributed by atoms with E-state index in [1.54, 1.807) is 24.0 Å². The number of carboxylic acids is 1. The van der Waals surface area contributed by atoms with Gasteiger partial charge in [-0.25, -0.2) is 9.78 Å². The van der Waals surface area contributed by atoms with E-state index in [0.717, 1.165) is 0 Å². The van der Waals surface area contributed by atoms with E-state index in [0.29, 0.717) is 24.7 Å². The van der Waals surface area contributed by atoms with Crippen molar-refractivity contribution in [2.75, 3.05) is 24.7 Å². The van der Waals surface area contributed by atoms with Gasteiger partial charge in [0.2, 0.25) is 0 Å². The predicted molar refractivity (Wildman–Crippen MR) is 67.1 cm³/mol. The van der Waals surface area contributed by atoms with Crippen LogP contribution in [-0.4, -0.2) is 47.8 Å². The first-order chi connectivity index (χ1) is 9.00. The molecule has 1 fully saturated rings. The summed E-state index contributed by atoms with van der Waals surface area (Å²) in [6.45, 7) is 2.57. The van der Waals surface area contributed by atoms with Crippen molar-refractivity contribution in [3.05, 3.63) is 23.4 Å². The summed E-state index contributed by atoms with van der Waals surface area (Å²) in [4.78, 5) is 28.5. The van der Waals surface area contributed by atoms with E-state index in [-0.39, 0.29) is 12.2 Å². The van der Waals surface area contributed by atoms with Crippen molar-refractivity contribution in [2.45, 2.75) is 13.0 Å². The first-order valence-electron chi connectivity index (χ1n) is 5.85. The first-order valence-corrected chi connectivity index (χ1v) is 5.85. The van der Waals surface area contributed by atoms with Gasteiger partial charge in [0, 0.05) is 12.2 Å². The number of aryl methyl sites for hydroxylation is 1. The molecule has 1 aromatic rings. The van der Waals surface area contributed by atoms with E-state index < -0.39 is 17.9 Å². The molecule has 0 saturated carbocycles. The molecule has 0 aliphatic carbocycles. The fourth-order valence-corrected chi connectivity index (χ4v) is 2.02. The monoisotopic (exact) mass is 265 g/mol. The highest BCUT2D eigenvalue weighted by molar-refractivity contribution is 5.98. The third-order valence-corrected chi connectivity index (χ3v) is 2.97. The summed E-state index contributed by atoms with van der Waals surface area (Å²) in [5.41, 5.74) is 6.22. The average Bonchev–Trinajstić information content (AvgIpc) is 2.38. The molecule has 0 radical (unpaired) electrons. The highest BCUT2D eigenvalue weighted by Gasteiger charge is 2.32. The minimum absolute atomic E-state index is 0.0587. The minimum Gasteiger partial charge on any atom is -0.480 e. The fourth-order valence-electron chi connectivity index (χ4n) is 2.02. The van der Waals surface area contributed by atoms with Crippen LogP contribution < -0.4 is 10.6 Å². The summed E-state index contributed by atoms with van der Waals surface area (Å²) in [7, 11) is 0. The standard InChI is InChI=1S/C12H15N3O4/c1-7-2-3-8(10(13)16)11(14-7)15-4-5-19-6-9(15)12(17)18/h2-3,9H,4-6H2,1H3,(H2,13,16)(H,17,18). The van der Waals surface area contributed by atoms with Crippen LogP contribution in [0.3, 0.4) is 0 Å². The third kappa shape index (κ3) is 2.65. The number of rotatable bonds is 3. The SMILES string of the molecule is Cc1ccc(C(N)=O)c(N2CCOCC2C(=O)O)n1. The second kappa shape index (κ2) is 5.23. The topological polar surface area (TPSA) is 106 Å². The number of carbonyl (C=O) groups is 2. The number of pyridine rings is 1. The Kier molecular flexibility index (Phi) is 3.66. The van der Waals surface area contributed by atoms with E-state index in [4.69, 9.17) is 10.5 Å². The van der Waals surface area contributed by atoms with Crippen LogP contribution in [0.1, 0.15) is 16.1 Å². The molecule has 0 bridgehead atoms. The van der Waals surface area contributed by atoms with Gasteiger partial charge in [0.05, 0.1) is 18.8 Å². The van der Waals surface area contributed by atoms with E-state index >= 15 is 0 Å². The van der Waals surface area contributed by atoms with Crippen LogP contribution in [-0.2, 0) is 9.53 Å². The summed E-state index contributed by atoms with van der Waals surface area (Å²) in [5, 5.41) is 9.20.